The molecule has 2 fully saturated rings. The van der Waals surface area contributed by atoms with Gasteiger partial charge in [0.2, 0.25) is 11.8 Å². The lowest BCUT2D eigenvalue weighted by Gasteiger charge is -2.33. The number of nitrogens with zero attached hydrogens (tertiary/aromatic N) is 1. The molecule has 2 unspecified atom stereocenters. The SMILES string of the molecule is O=C(CC1CCCN1)NC1CCCN(c2ccccc2Cl)C1=O. The predicted octanol–water partition coefficient (Wildman–Crippen LogP) is 2.09. The van der Waals surface area contributed by atoms with Crippen LogP contribution in [0.5, 0.6) is 0 Å². The lowest BCUT2D eigenvalue weighted by molar-refractivity contribution is -0.128. The van der Waals surface area contributed by atoms with E-state index < -0.39 is 6.04 Å². The van der Waals surface area contributed by atoms with Crippen LogP contribution in [0.2, 0.25) is 5.02 Å². The van der Waals surface area contributed by atoms with Gasteiger partial charge in [-0.3, -0.25) is 9.59 Å². The molecule has 2 aliphatic heterocycles. The van der Waals surface area contributed by atoms with Crippen LogP contribution in [0.3, 0.4) is 0 Å². The molecule has 0 saturated carbocycles. The first-order valence-corrected chi connectivity index (χ1v) is 8.61. The number of nitrogens with one attached hydrogen (secondary N) is 2. The van der Waals surface area contributed by atoms with Gasteiger partial charge >= 0.3 is 0 Å². The Balaban J connectivity index is 1.63. The average molecular weight is 336 g/mol. The van der Waals surface area contributed by atoms with Crippen LogP contribution in [-0.2, 0) is 9.59 Å². The third-order valence-electron chi connectivity index (χ3n) is 4.51. The zero-order chi connectivity index (χ0) is 16.2. The van der Waals surface area contributed by atoms with E-state index in [9.17, 15) is 9.59 Å². The second-order valence-electron chi connectivity index (χ2n) is 6.20. The zero-order valence-electron chi connectivity index (χ0n) is 13.1. The average Bonchev–Trinajstić information content (AvgIpc) is 3.03. The van der Waals surface area contributed by atoms with Crippen molar-refractivity contribution in [3.8, 4) is 0 Å². The number of rotatable bonds is 4. The van der Waals surface area contributed by atoms with Crippen LogP contribution in [0.15, 0.2) is 24.3 Å². The van der Waals surface area contributed by atoms with Crippen LogP contribution in [0.25, 0.3) is 0 Å². The fraction of sp³-hybridized carbons (Fsp3) is 0.529. The number of carbonyl (C=O) groups is 2. The highest BCUT2D eigenvalue weighted by molar-refractivity contribution is 6.33. The van der Waals surface area contributed by atoms with Gasteiger partial charge < -0.3 is 15.5 Å². The smallest absolute Gasteiger partial charge is 0.249 e. The third kappa shape index (κ3) is 3.85. The second-order valence-corrected chi connectivity index (χ2v) is 6.61. The lowest BCUT2D eigenvalue weighted by atomic mass is 10.0. The molecule has 0 bridgehead atoms. The topological polar surface area (TPSA) is 61.4 Å². The zero-order valence-corrected chi connectivity index (χ0v) is 13.8. The maximum absolute atomic E-state index is 12.7. The van der Waals surface area contributed by atoms with Gasteiger partial charge in [-0.05, 0) is 44.4 Å². The van der Waals surface area contributed by atoms with Crippen molar-refractivity contribution in [3.63, 3.8) is 0 Å². The number of piperidine rings is 1. The first kappa shape index (κ1) is 16.3. The summed E-state index contributed by atoms with van der Waals surface area (Å²) in [5.74, 6) is -0.124. The number of benzene rings is 1. The first-order chi connectivity index (χ1) is 11.1. The van der Waals surface area contributed by atoms with Crippen LogP contribution < -0.4 is 15.5 Å². The van der Waals surface area contributed by atoms with Crippen LogP contribution in [0.4, 0.5) is 5.69 Å². The molecule has 2 heterocycles. The highest BCUT2D eigenvalue weighted by atomic mass is 35.5. The van der Waals surface area contributed by atoms with E-state index in [-0.39, 0.29) is 17.9 Å². The summed E-state index contributed by atoms with van der Waals surface area (Å²) in [6.07, 6.45) is 4.11. The Kier molecular flexibility index (Phi) is 5.18. The molecule has 0 aromatic heterocycles. The number of anilines is 1. The molecule has 2 atom stereocenters. The number of para-hydroxylation sites is 1. The molecule has 6 heteroatoms. The van der Waals surface area contributed by atoms with Crippen molar-refractivity contribution >= 4 is 29.1 Å². The summed E-state index contributed by atoms with van der Waals surface area (Å²) < 4.78 is 0. The third-order valence-corrected chi connectivity index (χ3v) is 4.83. The van der Waals surface area contributed by atoms with Crippen LogP contribution in [0.1, 0.15) is 32.1 Å². The molecule has 0 spiro atoms. The van der Waals surface area contributed by atoms with Crippen LogP contribution >= 0.6 is 11.6 Å². The number of amides is 2. The molecule has 2 saturated heterocycles. The van der Waals surface area contributed by atoms with E-state index in [1.165, 1.54) is 0 Å². The van der Waals surface area contributed by atoms with Crippen molar-refractivity contribution in [1.82, 2.24) is 10.6 Å². The van der Waals surface area contributed by atoms with Crippen molar-refractivity contribution in [2.75, 3.05) is 18.0 Å². The van der Waals surface area contributed by atoms with Crippen molar-refractivity contribution in [3.05, 3.63) is 29.3 Å². The van der Waals surface area contributed by atoms with Crippen LogP contribution in [0, 0.1) is 0 Å². The van der Waals surface area contributed by atoms with E-state index in [1.54, 1.807) is 11.0 Å². The largest absolute Gasteiger partial charge is 0.344 e. The minimum absolute atomic E-state index is 0.0521. The Morgan fingerprint density at radius 1 is 1.30 bits per heavy atom. The molecule has 2 aliphatic rings. The molecule has 23 heavy (non-hydrogen) atoms. The predicted molar refractivity (Wildman–Crippen MR) is 90.6 cm³/mol. The molecule has 5 nitrogen and oxygen atoms in total. The molecule has 1 aromatic carbocycles. The van der Waals surface area contributed by atoms with Gasteiger partial charge in [-0.2, -0.15) is 0 Å². The summed E-state index contributed by atoms with van der Waals surface area (Å²) in [5, 5.41) is 6.76. The highest BCUT2D eigenvalue weighted by Gasteiger charge is 2.32. The number of halogens is 1. The fourth-order valence-corrected chi connectivity index (χ4v) is 3.56. The van der Waals surface area contributed by atoms with Gasteiger partial charge in [-0.1, -0.05) is 23.7 Å². The van der Waals surface area contributed by atoms with Gasteiger partial charge in [0.25, 0.3) is 0 Å². The Labute approximate surface area is 141 Å². The minimum atomic E-state index is -0.450. The molecular weight excluding hydrogens is 314 g/mol. The molecule has 0 radical (unpaired) electrons. The standard InChI is InChI=1S/C17H22ClN3O2/c18-13-6-1-2-8-15(13)21-10-4-7-14(17(21)23)20-16(22)11-12-5-3-9-19-12/h1-2,6,8,12,14,19H,3-5,7,9-11H2,(H,20,22). The summed E-state index contributed by atoms with van der Waals surface area (Å²) in [5.41, 5.74) is 0.718. The quantitative estimate of drug-likeness (QED) is 0.885. The van der Waals surface area contributed by atoms with E-state index >= 15 is 0 Å². The van der Waals surface area contributed by atoms with Crippen molar-refractivity contribution in [1.29, 1.82) is 0 Å². The molecule has 2 amide bonds. The fourth-order valence-electron chi connectivity index (χ4n) is 3.33. The van der Waals surface area contributed by atoms with E-state index in [4.69, 9.17) is 11.6 Å². The van der Waals surface area contributed by atoms with Gasteiger partial charge in [0, 0.05) is 19.0 Å². The van der Waals surface area contributed by atoms with E-state index in [0.29, 0.717) is 24.4 Å². The Bertz CT molecular complexity index is 587. The van der Waals surface area contributed by atoms with Gasteiger partial charge in [-0.25, -0.2) is 0 Å². The summed E-state index contributed by atoms with van der Waals surface area (Å²) in [6, 6.07) is 7.11. The molecule has 1 aromatic rings. The molecule has 3 rings (SSSR count). The summed E-state index contributed by atoms with van der Waals surface area (Å²) in [4.78, 5) is 26.5. The lowest BCUT2D eigenvalue weighted by Crippen LogP contribution is -2.53. The Morgan fingerprint density at radius 2 is 2.13 bits per heavy atom. The minimum Gasteiger partial charge on any atom is -0.344 e. The van der Waals surface area contributed by atoms with Crippen molar-refractivity contribution < 1.29 is 9.59 Å². The first-order valence-electron chi connectivity index (χ1n) is 8.24. The second kappa shape index (κ2) is 7.32. The van der Waals surface area contributed by atoms with Crippen molar-refractivity contribution in [2.45, 2.75) is 44.2 Å². The van der Waals surface area contributed by atoms with E-state index in [2.05, 4.69) is 10.6 Å². The highest BCUT2D eigenvalue weighted by Crippen LogP contribution is 2.28. The normalized spacial score (nSPS) is 24.7. The van der Waals surface area contributed by atoms with E-state index in [0.717, 1.165) is 31.5 Å². The molecule has 0 aliphatic carbocycles. The van der Waals surface area contributed by atoms with Gasteiger partial charge in [0.15, 0.2) is 0 Å². The molecule has 124 valence electrons. The van der Waals surface area contributed by atoms with Crippen molar-refractivity contribution in [2.24, 2.45) is 0 Å². The van der Waals surface area contributed by atoms with Gasteiger partial charge in [-0.15, -0.1) is 0 Å². The number of hydrogen-bond donors (Lipinski definition) is 2. The monoisotopic (exact) mass is 335 g/mol. The summed E-state index contributed by atoms with van der Waals surface area (Å²) >= 11 is 6.20. The summed E-state index contributed by atoms with van der Waals surface area (Å²) in [6.45, 7) is 1.61. The Hall–Kier alpha value is -1.59. The molecular formula is C17H22ClN3O2. The van der Waals surface area contributed by atoms with Gasteiger partial charge in [0.05, 0.1) is 10.7 Å². The van der Waals surface area contributed by atoms with Gasteiger partial charge in [0.1, 0.15) is 6.04 Å². The Morgan fingerprint density at radius 3 is 2.87 bits per heavy atom. The van der Waals surface area contributed by atoms with Crippen LogP contribution in [-0.4, -0.2) is 37.0 Å². The maximum atomic E-state index is 12.7. The number of carbonyl (C=O) groups excluding carboxylic acids is 2. The number of hydrogen-bond acceptors (Lipinski definition) is 3. The summed E-state index contributed by atoms with van der Waals surface area (Å²) in [7, 11) is 0. The van der Waals surface area contributed by atoms with E-state index in [1.807, 2.05) is 18.2 Å². The maximum Gasteiger partial charge on any atom is 0.249 e. The molecule has 2 N–H and O–H groups in total.